The zero-order valence-corrected chi connectivity index (χ0v) is 17.4. The van der Waals surface area contributed by atoms with Gasteiger partial charge in [-0.25, -0.2) is 13.4 Å². The van der Waals surface area contributed by atoms with Crippen molar-refractivity contribution in [3.05, 3.63) is 53.0 Å². The van der Waals surface area contributed by atoms with Crippen LogP contribution in [0.5, 0.6) is 0 Å². The Bertz CT molecular complexity index is 1290. The summed E-state index contributed by atoms with van der Waals surface area (Å²) >= 11 is 1.26. The van der Waals surface area contributed by atoms with Gasteiger partial charge in [-0.2, -0.15) is 13.2 Å². The van der Waals surface area contributed by atoms with E-state index in [4.69, 9.17) is 5.11 Å². The summed E-state index contributed by atoms with van der Waals surface area (Å²) < 4.78 is 67.8. The highest BCUT2D eigenvalue weighted by atomic mass is 32.2. The molecule has 1 aromatic heterocycles. The molecule has 162 valence electrons. The number of nitrogens with one attached hydrogen (secondary N) is 1. The molecule has 31 heavy (non-hydrogen) atoms. The summed E-state index contributed by atoms with van der Waals surface area (Å²) in [5.74, 6) is 4.11. The van der Waals surface area contributed by atoms with Crippen LogP contribution in [0.25, 0.3) is 10.2 Å². The van der Waals surface area contributed by atoms with Gasteiger partial charge in [-0.15, -0.1) is 11.3 Å². The fourth-order valence-corrected chi connectivity index (χ4v) is 4.50. The minimum absolute atomic E-state index is 0.0653. The summed E-state index contributed by atoms with van der Waals surface area (Å²) in [6.07, 6.45) is -4.40. The topological polar surface area (TPSA) is 96.4 Å². The van der Waals surface area contributed by atoms with Crippen LogP contribution in [0.3, 0.4) is 0 Å². The standard InChI is InChI=1S/C20H15F3N2O4S2/c21-20(22,23)14-6-8-16(13(10-14)4-2-1-3-5-19(26)27)25-31(28,29)15-7-9-17-18(11-15)30-12-24-17/h6-12,25H,1,3,5H2,(H,26,27). The largest absolute Gasteiger partial charge is 0.481 e. The van der Waals surface area contributed by atoms with Crippen molar-refractivity contribution in [2.45, 2.75) is 30.3 Å². The Kier molecular flexibility index (Phi) is 6.52. The number of hydrogen-bond acceptors (Lipinski definition) is 5. The average molecular weight is 468 g/mol. The number of fused-ring (bicyclic) bond motifs is 1. The predicted octanol–water partition coefficient (Wildman–Crippen LogP) is 4.72. The lowest BCUT2D eigenvalue weighted by Crippen LogP contribution is -2.14. The van der Waals surface area contributed by atoms with E-state index < -0.39 is 27.7 Å². The Balaban J connectivity index is 1.93. The van der Waals surface area contributed by atoms with E-state index in [1.54, 1.807) is 5.51 Å². The zero-order valence-electron chi connectivity index (χ0n) is 15.7. The molecule has 6 nitrogen and oxygen atoms in total. The molecule has 11 heteroatoms. The molecule has 0 saturated carbocycles. The molecule has 0 atom stereocenters. The smallest absolute Gasteiger partial charge is 0.416 e. The van der Waals surface area contributed by atoms with E-state index >= 15 is 0 Å². The first-order chi connectivity index (χ1) is 14.6. The second-order valence-electron chi connectivity index (χ2n) is 6.39. The molecule has 0 bridgehead atoms. The van der Waals surface area contributed by atoms with Crippen LogP contribution < -0.4 is 4.72 Å². The van der Waals surface area contributed by atoms with Crippen molar-refractivity contribution in [2.24, 2.45) is 0 Å². The average Bonchev–Trinajstić information content (AvgIpc) is 3.15. The first-order valence-corrected chi connectivity index (χ1v) is 11.2. The van der Waals surface area contributed by atoms with Crippen molar-refractivity contribution in [3.8, 4) is 11.8 Å². The molecular weight excluding hydrogens is 453 g/mol. The van der Waals surface area contributed by atoms with E-state index in [0.29, 0.717) is 10.2 Å². The highest BCUT2D eigenvalue weighted by molar-refractivity contribution is 7.92. The first-order valence-electron chi connectivity index (χ1n) is 8.84. The maximum Gasteiger partial charge on any atom is 0.416 e. The number of rotatable bonds is 6. The fraction of sp³-hybridized carbons (Fsp3) is 0.200. The Labute approximate surface area is 179 Å². The second kappa shape index (κ2) is 8.95. The van der Waals surface area contributed by atoms with Gasteiger partial charge in [-0.1, -0.05) is 11.8 Å². The number of alkyl halides is 3. The molecule has 0 radical (unpaired) electrons. The molecule has 0 fully saturated rings. The van der Waals surface area contributed by atoms with Crippen molar-refractivity contribution in [3.63, 3.8) is 0 Å². The number of thiazole rings is 1. The van der Waals surface area contributed by atoms with Gasteiger partial charge >= 0.3 is 12.1 Å². The number of aliphatic carboxylic acids is 1. The van der Waals surface area contributed by atoms with Crippen LogP contribution in [0, 0.1) is 11.8 Å². The summed E-state index contributed by atoms with van der Waals surface area (Å²) in [4.78, 5) is 14.6. The van der Waals surface area contributed by atoms with E-state index in [-0.39, 0.29) is 35.4 Å². The molecule has 0 amide bonds. The van der Waals surface area contributed by atoms with E-state index in [0.717, 1.165) is 18.2 Å². The van der Waals surface area contributed by atoms with Gasteiger partial charge in [-0.05, 0) is 42.8 Å². The van der Waals surface area contributed by atoms with Crippen molar-refractivity contribution in [2.75, 3.05) is 4.72 Å². The molecule has 2 aromatic carbocycles. The van der Waals surface area contributed by atoms with Crippen LogP contribution in [-0.4, -0.2) is 24.5 Å². The van der Waals surface area contributed by atoms with Crippen molar-refractivity contribution >= 4 is 43.2 Å². The van der Waals surface area contributed by atoms with Gasteiger partial charge in [0.1, 0.15) is 0 Å². The van der Waals surface area contributed by atoms with Gasteiger partial charge in [0.2, 0.25) is 0 Å². The molecule has 0 aliphatic rings. The number of carboxylic acid groups (broad SMARTS) is 1. The number of aromatic nitrogens is 1. The van der Waals surface area contributed by atoms with Gasteiger partial charge in [-0.3, -0.25) is 9.52 Å². The molecular formula is C20H15F3N2O4S2. The fourth-order valence-electron chi connectivity index (χ4n) is 2.60. The molecule has 3 aromatic rings. The Morgan fingerprint density at radius 2 is 1.97 bits per heavy atom. The molecule has 0 unspecified atom stereocenters. The van der Waals surface area contributed by atoms with Crippen LogP contribution in [0.4, 0.5) is 18.9 Å². The molecule has 0 saturated heterocycles. The number of sulfonamides is 1. The second-order valence-corrected chi connectivity index (χ2v) is 8.96. The number of unbranched alkanes of at least 4 members (excludes halogenated alkanes) is 1. The number of anilines is 1. The van der Waals surface area contributed by atoms with Crippen molar-refractivity contribution < 1.29 is 31.5 Å². The molecule has 0 spiro atoms. The molecule has 3 rings (SSSR count). The maximum absolute atomic E-state index is 13.1. The van der Waals surface area contributed by atoms with Crippen molar-refractivity contribution in [1.29, 1.82) is 0 Å². The highest BCUT2D eigenvalue weighted by Gasteiger charge is 2.31. The third kappa shape index (κ3) is 5.74. The molecule has 2 N–H and O–H groups in total. The summed E-state index contributed by atoms with van der Waals surface area (Å²) in [5, 5.41) is 8.63. The number of nitrogens with zero attached hydrogens (tertiary/aromatic N) is 1. The number of halogens is 3. The maximum atomic E-state index is 13.1. The minimum Gasteiger partial charge on any atom is -0.481 e. The van der Waals surface area contributed by atoms with Gasteiger partial charge in [0, 0.05) is 18.4 Å². The number of benzene rings is 2. The third-order valence-corrected chi connectivity index (χ3v) is 6.27. The van der Waals surface area contributed by atoms with Crippen LogP contribution in [0.15, 0.2) is 46.8 Å². The predicted molar refractivity (Wildman–Crippen MR) is 110 cm³/mol. The lowest BCUT2D eigenvalue weighted by molar-refractivity contribution is -0.138. The molecule has 0 aliphatic carbocycles. The van der Waals surface area contributed by atoms with E-state index in [1.807, 2.05) is 0 Å². The Morgan fingerprint density at radius 1 is 1.19 bits per heavy atom. The van der Waals surface area contributed by atoms with Crippen LogP contribution in [-0.2, 0) is 21.0 Å². The van der Waals surface area contributed by atoms with Gasteiger partial charge in [0.05, 0.1) is 31.9 Å². The number of carbonyl (C=O) groups is 1. The third-order valence-electron chi connectivity index (χ3n) is 4.12. The summed E-state index contributed by atoms with van der Waals surface area (Å²) in [6.45, 7) is 0. The monoisotopic (exact) mass is 468 g/mol. The van der Waals surface area contributed by atoms with Crippen LogP contribution in [0.2, 0.25) is 0 Å². The summed E-state index contributed by atoms with van der Waals surface area (Å²) in [6, 6.07) is 6.85. The van der Waals surface area contributed by atoms with Crippen LogP contribution >= 0.6 is 11.3 Å². The molecule has 0 aliphatic heterocycles. The molecule has 1 heterocycles. The number of hydrogen-bond donors (Lipinski definition) is 2. The Morgan fingerprint density at radius 3 is 2.68 bits per heavy atom. The summed E-state index contributed by atoms with van der Waals surface area (Å²) in [5.41, 5.74) is 0.959. The van der Waals surface area contributed by atoms with Gasteiger partial charge < -0.3 is 5.11 Å². The zero-order chi connectivity index (χ0) is 22.6. The van der Waals surface area contributed by atoms with Crippen molar-refractivity contribution in [1.82, 2.24) is 4.98 Å². The Hall–Kier alpha value is -3.10. The summed E-state index contributed by atoms with van der Waals surface area (Å²) in [7, 11) is -4.10. The normalized spacial score (nSPS) is 11.7. The number of carboxylic acids is 1. The van der Waals surface area contributed by atoms with Gasteiger partial charge in [0.25, 0.3) is 10.0 Å². The van der Waals surface area contributed by atoms with Gasteiger partial charge in [0.15, 0.2) is 0 Å². The SMILES string of the molecule is O=C(O)CCCC#Cc1cc(C(F)(F)F)ccc1NS(=O)(=O)c1ccc2ncsc2c1. The minimum atomic E-state index is -4.63. The quantitative estimate of drug-likeness (QED) is 0.403. The highest BCUT2D eigenvalue weighted by Crippen LogP contribution is 2.32. The lowest BCUT2D eigenvalue weighted by atomic mass is 10.1. The first kappa shape index (κ1) is 22.6. The van der Waals surface area contributed by atoms with Crippen LogP contribution in [0.1, 0.15) is 30.4 Å². The van der Waals surface area contributed by atoms with E-state index in [9.17, 15) is 26.4 Å². The van der Waals surface area contributed by atoms with E-state index in [2.05, 4.69) is 21.5 Å². The van der Waals surface area contributed by atoms with E-state index in [1.165, 1.54) is 29.5 Å². The lowest BCUT2D eigenvalue weighted by Gasteiger charge is -2.13.